The lowest BCUT2D eigenvalue weighted by Crippen LogP contribution is -2.44. The van der Waals surface area contributed by atoms with Gasteiger partial charge in [0, 0.05) is 40.6 Å². The van der Waals surface area contributed by atoms with E-state index in [1.165, 1.54) is 0 Å². The minimum absolute atomic E-state index is 0.0607. The van der Waals surface area contributed by atoms with Crippen LogP contribution in [0, 0.1) is 12.3 Å². The van der Waals surface area contributed by atoms with Gasteiger partial charge < -0.3 is 9.47 Å². The van der Waals surface area contributed by atoms with E-state index in [4.69, 9.17) is 21.1 Å². The number of ether oxygens (including phenoxy) is 2. The predicted octanol–water partition coefficient (Wildman–Crippen LogP) is 5.83. The fraction of sp³-hybridized carbons (Fsp3) is 0.385. The number of rotatable bonds is 4. The molecule has 1 atom stereocenters. The van der Waals surface area contributed by atoms with Crippen LogP contribution in [0.1, 0.15) is 50.2 Å². The molecule has 0 spiro atoms. The number of carbonyl (C=O) groups excluding carboxylic acids is 2. The van der Waals surface area contributed by atoms with Gasteiger partial charge in [-0.3, -0.25) is 14.5 Å². The van der Waals surface area contributed by atoms with Crippen LogP contribution in [0.5, 0.6) is 11.5 Å². The van der Waals surface area contributed by atoms with Gasteiger partial charge in [0.05, 0.1) is 19.9 Å². The van der Waals surface area contributed by atoms with Gasteiger partial charge in [-0.15, -0.1) is 0 Å². The van der Waals surface area contributed by atoms with Crippen molar-refractivity contribution in [3.05, 3.63) is 63.8 Å². The minimum Gasteiger partial charge on any atom is -0.497 e. The van der Waals surface area contributed by atoms with E-state index in [9.17, 15) is 9.59 Å². The van der Waals surface area contributed by atoms with Crippen LogP contribution >= 0.6 is 11.6 Å². The predicted molar refractivity (Wildman–Crippen MR) is 126 cm³/mol. The average Bonchev–Trinajstić information content (AvgIpc) is 2.73. The SMILES string of the molecule is COc1ccc(OC)c(C2CC(=O)N(c3cc(Cl)ccc3C)C3=C2C(=O)CC(C)(C)C3)c1. The van der Waals surface area contributed by atoms with Crippen molar-refractivity contribution >= 4 is 29.0 Å². The highest BCUT2D eigenvalue weighted by Crippen LogP contribution is 2.50. The molecule has 0 radical (unpaired) electrons. The smallest absolute Gasteiger partial charge is 0.232 e. The van der Waals surface area contributed by atoms with Crippen LogP contribution in [0.2, 0.25) is 5.02 Å². The fourth-order valence-electron chi connectivity index (χ4n) is 4.90. The monoisotopic (exact) mass is 453 g/mol. The van der Waals surface area contributed by atoms with E-state index in [2.05, 4.69) is 13.8 Å². The lowest BCUT2D eigenvalue weighted by atomic mass is 9.69. The van der Waals surface area contributed by atoms with Gasteiger partial charge >= 0.3 is 0 Å². The number of benzene rings is 2. The second kappa shape index (κ2) is 8.28. The number of halogens is 1. The van der Waals surface area contributed by atoms with E-state index in [-0.39, 0.29) is 29.4 Å². The first-order valence-corrected chi connectivity index (χ1v) is 11.1. The van der Waals surface area contributed by atoms with E-state index in [1.54, 1.807) is 25.2 Å². The molecule has 1 aliphatic heterocycles. The molecular weight excluding hydrogens is 426 g/mol. The van der Waals surface area contributed by atoms with Gasteiger partial charge in [-0.1, -0.05) is 31.5 Å². The summed E-state index contributed by atoms with van der Waals surface area (Å²) in [5.74, 6) is 0.923. The number of amides is 1. The largest absolute Gasteiger partial charge is 0.497 e. The maximum absolute atomic E-state index is 13.6. The molecule has 0 aromatic heterocycles. The van der Waals surface area contributed by atoms with Crippen molar-refractivity contribution in [1.82, 2.24) is 0 Å². The van der Waals surface area contributed by atoms with Crippen LogP contribution in [0.3, 0.4) is 0 Å². The van der Waals surface area contributed by atoms with Crippen LogP contribution < -0.4 is 14.4 Å². The quantitative estimate of drug-likeness (QED) is 0.584. The lowest BCUT2D eigenvalue weighted by molar-refractivity contribution is -0.121. The molecule has 0 saturated heterocycles. The normalized spacial score (nSPS) is 20.3. The zero-order valence-corrected chi connectivity index (χ0v) is 19.9. The summed E-state index contributed by atoms with van der Waals surface area (Å²) in [6.07, 6.45) is 1.22. The summed E-state index contributed by atoms with van der Waals surface area (Å²) >= 11 is 6.29. The third kappa shape index (κ3) is 3.90. The van der Waals surface area contributed by atoms with Crippen LogP contribution in [0.15, 0.2) is 47.7 Å². The molecule has 6 heteroatoms. The maximum atomic E-state index is 13.6. The summed E-state index contributed by atoms with van der Waals surface area (Å²) in [6.45, 7) is 6.09. The number of hydrogen-bond donors (Lipinski definition) is 0. The van der Waals surface area contributed by atoms with Gasteiger partial charge in [0.15, 0.2) is 5.78 Å². The molecule has 2 aromatic carbocycles. The van der Waals surface area contributed by atoms with Crippen molar-refractivity contribution in [3.8, 4) is 11.5 Å². The summed E-state index contributed by atoms with van der Waals surface area (Å²) < 4.78 is 11.0. The molecule has 32 heavy (non-hydrogen) atoms. The highest BCUT2D eigenvalue weighted by atomic mass is 35.5. The Morgan fingerprint density at radius 1 is 1.03 bits per heavy atom. The van der Waals surface area contributed by atoms with Gasteiger partial charge in [0.1, 0.15) is 11.5 Å². The van der Waals surface area contributed by atoms with Crippen LogP contribution in [0.25, 0.3) is 0 Å². The Labute approximate surface area is 194 Å². The zero-order valence-electron chi connectivity index (χ0n) is 19.1. The lowest BCUT2D eigenvalue weighted by Gasteiger charge is -2.43. The number of ketones is 1. The van der Waals surface area contributed by atoms with E-state index < -0.39 is 0 Å². The summed E-state index contributed by atoms with van der Waals surface area (Å²) in [4.78, 5) is 28.9. The van der Waals surface area contributed by atoms with E-state index >= 15 is 0 Å². The van der Waals surface area contributed by atoms with E-state index in [0.717, 1.165) is 22.5 Å². The summed E-state index contributed by atoms with van der Waals surface area (Å²) in [6, 6.07) is 11.0. The van der Waals surface area contributed by atoms with Crippen LogP contribution in [-0.4, -0.2) is 25.9 Å². The van der Waals surface area contributed by atoms with Crippen molar-refractivity contribution < 1.29 is 19.1 Å². The molecule has 4 rings (SSSR count). The second-order valence-corrected chi connectivity index (χ2v) is 9.76. The van der Waals surface area contributed by atoms with Crippen LogP contribution in [0.4, 0.5) is 5.69 Å². The molecule has 1 aliphatic carbocycles. The number of methoxy groups -OCH3 is 2. The Bertz CT molecular complexity index is 1130. The van der Waals surface area contributed by atoms with Crippen molar-refractivity contribution in [2.75, 3.05) is 19.1 Å². The number of allylic oxidation sites excluding steroid dienone is 2. The van der Waals surface area contributed by atoms with Gasteiger partial charge in [0.2, 0.25) is 5.91 Å². The average molecular weight is 454 g/mol. The fourth-order valence-corrected chi connectivity index (χ4v) is 5.06. The first-order chi connectivity index (χ1) is 15.1. The molecule has 2 aromatic rings. The number of hydrogen-bond acceptors (Lipinski definition) is 4. The second-order valence-electron chi connectivity index (χ2n) is 9.33. The summed E-state index contributed by atoms with van der Waals surface area (Å²) in [5, 5.41) is 0.554. The number of anilines is 1. The molecule has 0 N–H and O–H groups in total. The van der Waals surface area contributed by atoms with Crippen LogP contribution in [-0.2, 0) is 9.59 Å². The Morgan fingerprint density at radius 2 is 1.78 bits per heavy atom. The molecule has 0 saturated carbocycles. The minimum atomic E-state index is -0.387. The van der Waals surface area contributed by atoms with Gasteiger partial charge in [-0.05, 0) is 54.7 Å². The van der Waals surface area contributed by atoms with Crippen molar-refractivity contribution in [2.24, 2.45) is 5.41 Å². The van der Waals surface area contributed by atoms with E-state index in [1.807, 2.05) is 37.3 Å². The van der Waals surface area contributed by atoms with Crippen molar-refractivity contribution in [2.45, 2.75) is 46.0 Å². The molecule has 0 bridgehead atoms. The maximum Gasteiger partial charge on any atom is 0.232 e. The number of carbonyl (C=O) groups is 2. The number of Topliss-reactive ketones (excluding diaryl/α,β-unsaturated/α-hetero) is 1. The Hall–Kier alpha value is -2.79. The molecule has 2 aliphatic rings. The van der Waals surface area contributed by atoms with E-state index in [0.29, 0.717) is 34.9 Å². The highest BCUT2D eigenvalue weighted by molar-refractivity contribution is 6.31. The number of aryl methyl sites for hydroxylation is 1. The molecule has 0 fully saturated rings. The standard InChI is InChI=1S/C26H28ClNO4/c1-15-6-7-16(27)10-20(15)28-21-13-26(2,3)14-22(29)25(21)19(12-24(28)30)18-11-17(31-4)8-9-23(18)32-5/h6-11,19H,12-14H2,1-5H3. The summed E-state index contributed by atoms with van der Waals surface area (Å²) in [5.41, 5.74) is 3.67. The summed E-state index contributed by atoms with van der Waals surface area (Å²) in [7, 11) is 3.19. The molecular formula is C26H28ClNO4. The first kappa shape index (κ1) is 22.4. The Balaban J connectivity index is 1.96. The topological polar surface area (TPSA) is 55.8 Å². The third-order valence-corrected chi connectivity index (χ3v) is 6.60. The highest BCUT2D eigenvalue weighted by Gasteiger charge is 2.45. The zero-order chi connectivity index (χ0) is 23.2. The molecule has 168 valence electrons. The van der Waals surface area contributed by atoms with Gasteiger partial charge in [-0.2, -0.15) is 0 Å². The number of nitrogens with zero attached hydrogens (tertiary/aromatic N) is 1. The molecule has 5 nitrogen and oxygen atoms in total. The van der Waals surface area contributed by atoms with Gasteiger partial charge in [-0.25, -0.2) is 0 Å². The molecule has 1 heterocycles. The Kier molecular flexibility index (Phi) is 5.80. The Morgan fingerprint density at radius 3 is 2.47 bits per heavy atom. The molecule has 1 unspecified atom stereocenters. The third-order valence-electron chi connectivity index (χ3n) is 6.37. The first-order valence-electron chi connectivity index (χ1n) is 10.7. The molecule has 1 amide bonds. The van der Waals surface area contributed by atoms with Gasteiger partial charge in [0.25, 0.3) is 0 Å². The van der Waals surface area contributed by atoms with Crippen molar-refractivity contribution in [3.63, 3.8) is 0 Å². The van der Waals surface area contributed by atoms with Crippen molar-refractivity contribution in [1.29, 1.82) is 0 Å².